The van der Waals surface area contributed by atoms with Crippen molar-refractivity contribution in [2.24, 2.45) is 11.8 Å². The van der Waals surface area contributed by atoms with Crippen molar-refractivity contribution in [3.8, 4) is 17.1 Å². The molecule has 2 aromatic rings. The minimum atomic E-state index is -0.400. The molecule has 0 atom stereocenters. The van der Waals surface area contributed by atoms with Crippen LogP contribution in [0.2, 0.25) is 0 Å². The molecular formula is C34H50N2O4. The molecule has 0 spiro atoms. The molecule has 220 valence electrons. The summed E-state index contributed by atoms with van der Waals surface area (Å²) in [5.74, 6) is 1.94. The first kappa shape index (κ1) is 30.6. The Morgan fingerprint density at radius 3 is 2.20 bits per heavy atom. The zero-order chi connectivity index (χ0) is 28.0. The van der Waals surface area contributed by atoms with E-state index in [2.05, 4.69) is 24.9 Å². The monoisotopic (exact) mass is 550 g/mol. The summed E-state index contributed by atoms with van der Waals surface area (Å²) in [5.41, 5.74) is 2.08. The highest BCUT2D eigenvalue weighted by molar-refractivity contribution is 5.75. The molecule has 40 heavy (non-hydrogen) atoms. The van der Waals surface area contributed by atoms with Gasteiger partial charge in [-0.05, 0) is 74.8 Å². The van der Waals surface area contributed by atoms with Gasteiger partial charge in [0.2, 0.25) is 0 Å². The van der Waals surface area contributed by atoms with Crippen LogP contribution in [-0.4, -0.2) is 35.4 Å². The number of unbranched alkanes of at least 4 members (excludes halogenated alkanes) is 7. The molecule has 0 radical (unpaired) electrons. The van der Waals surface area contributed by atoms with E-state index in [0.29, 0.717) is 24.9 Å². The quantitative estimate of drug-likeness (QED) is 0.126. The highest BCUT2D eigenvalue weighted by atomic mass is 16.7. The summed E-state index contributed by atoms with van der Waals surface area (Å²) in [6, 6.07) is 9.57. The van der Waals surface area contributed by atoms with Crippen LogP contribution in [0.5, 0.6) is 5.75 Å². The van der Waals surface area contributed by atoms with Crippen molar-refractivity contribution < 1.29 is 19.0 Å². The maximum atomic E-state index is 12.6. The standard InChI is InChI=1S/C34H50N2O4/c1-3-5-7-8-9-11-12-26-14-16-27(17-15-26)31-22-23-35-33(36-31)28-18-20-30(21-19-28)40-34(37)29-24-38-32(39-25-29)13-10-6-4-2/h18-23,26-27,29,32H,3-17,24-25H2,1-2H3. The first-order valence-corrected chi connectivity index (χ1v) is 16.0. The van der Waals surface area contributed by atoms with Crippen molar-refractivity contribution in [1.82, 2.24) is 9.97 Å². The molecule has 1 aliphatic heterocycles. The number of ether oxygens (including phenoxy) is 3. The van der Waals surface area contributed by atoms with Gasteiger partial charge in [-0.2, -0.15) is 0 Å². The highest BCUT2D eigenvalue weighted by Gasteiger charge is 2.29. The van der Waals surface area contributed by atoms with Gasteiger partial charge < -0.3 is 14.2 Å². The minimum absolute atomic E-state index is 0.203. The van der Waals surface area contributed by atoms with Crippen molar-refractivity contribution >= 4 is 5.97 Å². The maximum absolute atomic E-state index is 12.6. The van der Waals surface area contributed by atoms with Gasteiger partial charge in [-0.1, -0.05) is 71.6 Å². The number of carbonyl (C=O) groups is 1. The van der Waals surface area contributed by atoms with E-state index >= 15 is 0 Å². The number of carbonyl (C=O) groups excluding carboxylic acids is 1. The third-order valence-electron chi connectivity index (χ3n) is 8.58. The number of aromatic nitrogens is 2. The first-order chi connectivity index (χ1) is 19.7. The average molecular weight is 551 g/mol. The summed E-state index contributed by atoms with van der Waals surface area (Å²) in [6.07, 6.45) is 20.7. The van der Waals surface area contributed by atoms with E-state index in [-0.39, 0.29) is 12.3 Å². The number of benzene rings is 1. The van der Waals surface area contributed by atoms with Gasteiger partial charge >= 0.3 is 5.97 Å². The minimum Gasteiger partial charge on any atom is -0.426 e. The lowest BCUT2D eigenvalue weighted by Gasteiger charge is -2.28. The highest BCUT2D eigenvalue weighted by Crippen LogP contribution is 2.37. The summed E-state index contributed by atoms with van der Waals surface area (Å²) in [6.45, 7) is 5.14. The van der Waals surface area contributed by atoms with E-state index in [1.165, 1.54) is 83.5 Å². The van der Waals surface area contributed by atoms with Crippen LogP contribution in [0, 0.1) is 11.8 Å². The summed E-state index contributed by atoms with van der Waals surface area (Å²) < 4.78 is 17.1. The van der Waals surface area contributed by atoms with E-state index in [4.69, 9.17) is 19.2 Å². The Hall–Kier alpha value is -2.31. The molecule has 6 nitrogen and oxygen atoms in total. The van der Waals surface area contributed by atoms with Crippen LogP contribution in [0.25, 0.3) is 11.4 Å². The van der Waals surface area contributed by atoms with E-state index < -0.39 is 5.92 Å². The van der Waals surface area contributed by atoms with E-state index in [9.17, 15) is 4.79 Å². The van der Waals surface area contributed by atoms with Crippen LogP contribution in [0.4, 0.5) is 0 Å². The predicted molar refractivity (Wildman–Crippen MR) is 159 cm³/mol. The average Bonchev–Trinajstić information content (AvgIpc) is 3.00. The SMILES string of the molecule is CCCCCCCCC1CCC(c2ccnc(-c3ccc(OC(=O)C4COC(CCCCC)OC4)cc3)n2)CC1. The molecule has 4 rings (SSSR count). The normalized spacial score (nSPS) is 23.1. The van der Waals surface area contributed by atoms with Crippen LogP contribution < -0.4 is 4.74 Å². The number of hydrogen-bond acceptors (Lipinski definition) is 6. The van der Waals surface area contributed by atoms with Gasteiger partial charge in [0, 0.05) is 23.4 Å². The molecule has 1 aromatic carbocycles. The van der Waals surface area contributed by atoms with Crippen molar-refractivity contribution in [3.63, 3.8) is 0 Å². The summed E-state index contributed by atoms with van der Waals surface area (Å²) in [7, 11) is 0. The fourth-order valence-electron chi connectivity index (χ4n) is 5.98. The van der Waals surface area contributed by atoms with Crippen LogP contribution in [0.15, 0.2) is 36.5 Å². The third-order valence-corrected chi connectivity index (χ3v) is 8.58. The van der Waals surface area contributed by atoms with E-state index in [1.54, 1.807) is 0 Å². The summed E-state index contributed by atoms with van der Waals surface area (Å²) in [4.78, 5) is 22.1. The molecule has 1 aromatic heterocycles. The van der Waals surface area contributed by atoms with Crippen molar-refractivity contribution in [1.29, 1.82) is 0 Å². The van der Waals surface area contributed by atoms with Gasteiger partial charge in [-0.25, -0.2) is 9.97 Å². The Morgan fingerprint density at radius 1 is 0.825 bits per heavy atom. The molecule has 2 heterocycles. The number of esters is 1. The second-order valence-electron chi connectivity index (χ2n) is 11.8. The van der Waals surface area contributed by atoms with Crippen LogP contribution in [0.3, 0.4) is 0 Å². The topological polar surface area (TPSA) is 70.5 Å². The molecule has 0 amide bonds. The fraction of sp³-hybridized carbons (Fsp3) is 0.676. The first-order valence-electron chi connectivity index (χ1n) is 16.0. The van der Waals surface area contributed by atoms with Gasteiger partial charge in [0.05, 0.1) is 13.2 Å². The zero-order valence-corrected chi connectivity index (χ0v) is 24.8. The van der Waals surface area contributed by atoms with Crippen molar-refractivity contribution in [2.75, 3.05) is 13.2 Å². The molecular weight excluding hydrogens is 500 g/mol. The maximum Gasteiger partial charge on any atom is 0.319 e. The molecule has 1 saturated heterocycles. The predicted octanol–water partition coefficient (Wildman–Crippen LogP) is 8.64. The molecule has 0 unspecified atom stereocenters. The van der Waals surface area contributed by atoms with Crippen molar-refractivity contribution in [3.05, 3.63) is 42.2 Å². The number of hydrogen-bond donors (Lipinski definition) is 0. The van der Waals surface area contributed by atoms with Crippen LogP contribution >= 0.6 is 0 Å². The van der Waals surface area contributed by atoms with Crippen LogP contribution in [-0.2, 0) is 14.3 Å². The zero-order valence-electron chi connectivity index (χ0n) is 24.8. The van der Waals surface area contributed by atoms with E-state index in [0.717, 1.165) is 35.8 Å². The van der Waals surface area contributed by atoms with Gasteiger partial charge in [0.1, 0.15) is 11.7 Å². The molecule has 0 bridgehead atoms. The summed E-state index contributed by atoms with van der Waals surface area (Å²) >= 11 is 0. The van der Waals surface area contributed by atoms with Gasteiger partial charge in [-0.15, -0.1) is 0 Å². The molecule has 2 aliphatic rings. The number of rotatable bonds is 15. The smallest absolute Gasteiger partial charge is 0.319 e. The van der Waals surface area contributed by atoms with Gasteiger partial charge in [-0.3, -0.25) is 4.79 Å². The number of nitrogens with zero attached hydrogens (tertiary/aromatic N) is 2. The second kappa shape index (κ2) is 16.8. The Kier molecular flexibility index (Phi) is 12.9. The van der Waals surface area contributed by atoms with Gasteiger partial charge in [0.25, 0.3) is 0 Å². The molecule has 6 heteroatoms. The molecule has 1 aliphatic carbocycles. The third kappa shape index (κ3) is 9.66. The largest absolute Gasteiger partial charge is 0.426 e. The molecule has 0 N–H and O–H groups in total. The summed E-state index contributed by atoms with van der Waals surface area (Å²) in [5, 5.41) is 0. The van der Waals surface area contributed by atoms with Crippen molar-refractivity contribution in [2.45, 2.75) is 122 Å². The Balaban J connectivity index is 1.21. The lowest BCUT2D eigenvalue weighted by Crippen LogP contribution is -2.38. The Morgan fingerprint density at radius 2 is 1.48 bits per heavy atom. The fourth-order valence-corrected chi connectivity index (χ4v) is 5.98. The second-order valence-corrected chi connectivity index (χ2v) is 11.8. The van der Waals surface area contributed by atoms with Gasteiger partial charge in [0.15, 0.2) is 12.1 Å². The lowest BCUT2D eigenvalue weighted by atomic mass is 9.78. The Bertz CT molecular complexity index is 995. The lowest BCUT2D eigenvalue weighted by molar-refractivity contribution is -0.208. The van der Waals surface area contributed by atoms with E-state index in [1.807, 2.05) is 30.5 Å². The Labute approximate surface area is 241 Å². The molecule has 2 fully saturated rings. The molecule has 1 saturated carbocycles. The van der Waals surface area contributed by atoms with Crippen LogP contribution in [0.1, 0.15) is 122 Å².